The van der Waals surface area contributed by atoms with Gasteiger partial charge in [-0.2, -0.15) is 5.10 Å². The summed E-state index contributed by atoms with van der Waals surface area (Å²) in [4.78, 5) is 15.8. The Hall–Kier alpha value is -2.77. The van der Waals surface area contributed by atoms with Crippen LogP contribution in [0, 0.1) is 6.92 Å². The zero-order chi connectivity index (χ0) is 21.8. The van der Waals surface area contributed by atoms with Crippen LogP contribution < -0.4 is 5.32 Å². The molecule has 0 saturated carbocycles. The predicted octanol–water partition coefficient (Wildman–Crippen LogP) is 4.76. The largest absolute Gasteiger partial charge is 0.370 e. The highest BCUT2D eigenvalue weighted by atomic mass is 32.2. The van der Waals surface area contributed by atoms with Gasteiger partial charge < -0.3 is 15.0 Å². The first-order valence-electron chi connectivity index (χ1n) is 10.4. The molecule has 2 amide bonds. The second-order valence-electron chi connectivity index (χ2n) is 7.81. The van der Waals surface area contributed by atoms with E-state index in [1.807, 2.05) is 47.2 Å². The van der Waals surface area contributed by atoms with E-state index in [2.05, 4.69) is 41.6 Å². The summed E-state index contributed by atoms with van der Waals surface area (Å²) in [7, 11) is 1.96. The van der Waals surface area contributed by atoms with Gasteiger partial charge in [-0.15, -0.1) is 11.8 Å². The summed E-state index contributed by atoms with van der Waals surface area (Å²) in [5.41, 5.74) is 6.39. The number of aromatic nitrogens is 2. The van der Waals surface area contributed by atoms with Gasteiger partial charge >= 0.3 is 6.03 Å². The van der Waals surface area contributed by atoms with E-state index in [1.54, 1.807) is 11.8 Å². The lowest BCUT2D eigenvalue weighted by Gasteiger charge is -2.28. The highest BCUT2D eigenvalue weighted by molar-refractivity contribution is 7.98. The number of ether oxygens (including phenoxy) is 1. The van der Waals surface area contributed by atoms with Gasteiger partial charge in [0.1, 0.15) is 0 Å². The third-order valence-corrected chi connectivity index (χ3v) is 6.29. The summed E-state index contributed by atoms with van der Waals surface area (Å²) >= 11 is 1.66. The minimum atomic E-state index is -0.0840. The van der Waals surface area contributed by atoms with Crippen LogP contribution in [0.2, 0.25) is 0 Å². The molecule has 6 nitrogen and oxygen atoms in total. The van der Waals surface area contributed by atoms with Crippen molar-refractivity contribution in [3.05, 3.63) is 76.6 Å². The van der Waals surface area contributed by atoms with Gasteiger partial charge in [-0.3, -0.25) is 4.68 Å². The summed E-state index contributed by atoms with van der Waals surface area (Å²) in [6.07, 6.45) is 2.81. The number of carbonyl (C=O) groups excluding carboxylic acids is 1. The van der Waals surface area contributed by atoms with Crippen molar-refractivity contribution in [1.82, 2.24) is 14.7 Å². The van der Waals surface area contributed by atoms with E-state index >= 15 is 0 Å². The van der Waals surface area contributed by atoms with Crippen molar-refractivity contribution in [3.8, 4) is 0 Å². The van der Waals surface area contributed by atoms with Crippen molar-refractivity contribution >= 4 is 23.5 Å². The number of thioether (sulfide) groups is 1. The number of rotatable bonds is 6. The van der Waals surface area contributed by atoms with E-state index in [-0.39, 0.29) is 6.03 Å². The Labute approximate surface area is 187 Å². The third-order valence-electron chi connectivity index (χ3n) is 5.56. The fourth-order valence-corrected chi connectivity index (χ4v) is 4.27. The van der Waals surface area contributed by atoms with Gasteiger partial charge in [0.15, 0.2) is 0 Å². The molecule has 31 heavy (non-hydrogen) atoms. The van der Waals surface area contributed by atoms with Crippen LogP contribution in [0.4, 0.5) is 10.5 Å². The molecular formula is C24H28N4O2S. The van der Waals surface area contributed by atoms with Gasteiger partial charge in [0.05, 0.1) is 25.5 Å². The quantitative estimate of drug-likeness (QED) is 0.566. The number of nitrogens with zero attached hydrogens (tertiary/aromatic N) is 3. The predicted molar refractivity (Wildman–Crippen MR) is 124 cm³/mol. The number of urea groups is 1. The Bertz CT molecular complexity index is 1060. The number of hydrogen-bond donors (Lipinski definition) is 1. The Kier molecular flexibility index (Phi) is 6.63. The van der Waals surface area contributed by atoms with Crippen LogP contribution in [-0.2, 0) is 38.0 Å². The van der Waals surface area contributed by atoms with Crippen LogP contribution in [0.1, 0.15) is 28.1 Å². The van der Waals surface area contributed by atoms with Crippen molar-refractivity contribution in [1.29, 1.82) is 0 Å². The Morgan fingerprint density at radius 3 is 2.77 bits per heavy atom. The maximum absolute atomic E-state index is 12.9. The molecule has 0 atom stereocenters. The fraction of sp³-hybridized carbons (Fsp3) is 0.333. The molecule has 1 N–H and O–H groups in total. The van der Waals surface area contributed by atoms with Gasteiger partial charge in [0.2, 0.25) is 0 Å². The molecule has 0 spiro atoms. The molecule has 162 valence electrons. The van der Waals surface area contributed by atoms with E-state index in [0.717, 1.165) is 33.8 Å². The van der Waals surface area contributed by atoms with Crippen molar-refractivity contribution in [2.24, 2.45) is 7.05 Å². The molecule has 4 rings (SSSR count). The minimum Gasteiger partial charge on any atom is -0.370 e. The Morgan fingerprint density at radius 2 is 2.00 bits per heavy atom. The molecule has 1 aliphatic rings. The van der Waals surface area contributed by atoms with Gasteiger partial charge in [-0.1, -0.05) is 35.9 Å². The lowest BCUT2D eigenvalue weighted by molar-refractivity contribution is 0.103. The van der Waals surface area contributed by atoms with Crippen LogP contribution >= 0.6 is 11.8 Å². The first-order valence-corrected chi connectivity index (χ1v) is 11.6. The van der Waals surface area contributed by atoms with E-state index in [4.69, 9.17) is 4.74 Å². The number of hydrogen-bond acceptors (Lipinski definition) is 4. The topological polar surface area (TPSA) is 59.4 Å². The monoisotopic (exact) mass is 436 g/mol. The zero-order valence-corrected chi connectivity index (χ0v) is 19.0. The third kappa shape index (κ3) is 5.11. The molecule has 0 fully saturated rings. The van der Waals surface area contributed by atoms with Crippen molar-refractivity contribution in [2.75, 3.05) is 18.1 Å². The summed E-state index contributed by atoms with van der Waals surface area (Å²) in [6, 6.07) is 16.2. The average Bonchev–Trinajstić information content (AvgIpc) is 3.10. The van der Waals surface area contributed by atoms with Crippen LogP contribution in [0.3, 0.4) is 0 Å². The summed E-state index contributed by atoms with van der Waals surface area (Å²) in [5.74, 6) is 0. The molecule has 0 bridgehead atoms. The molecule has 7 heteroatoms. The summed E-state index contributed by atoms with van der Waals surface area (Å²) in [6.45, 7) is 4.26. The second-order valence-corrected chi connectivity index (χ2v) is 8.69. The molecule has 1 aliphatic heterocycles. The first-order chi connectivity index (χ1) is 15.0. The number of amides is 2. The summed E-state index contributed by atoms with van der Waals surface area (Å²) in [5, 5.41) is 7.70. The average molecular weight is 437 g/mol. The molecule has 2 heterocycles. The van der Waals surface area contributed by atoms with E-state index in [1.165, 1.54) is 11.3 Å². The Morgan fingerprint density at radius 1 is 1.19 bits per heavy atom. The maximum Gasteiger partial charge on any atom is 0.322 e. The first kappa shape index (κ1) is 21.5. The highest BCUT2D eigenvalue weighted by Crippen LogP contribution is 2.24. The standard InChI is InChI=1S/C24H28N4O2S/c1-17-7-9-18(10-8-17)15-30-16-22-21-14-28(12-11-23(21)27(2)26-22)24(29)25-19-5-4-6-20(13-19)31-3/h4-10,13H,11-12,14-16H2,1-3H3,(H,25,29). The SMILES string of the molecule is CSc1cccc(NC(=O)N2CCc3c(c(COCc4ccc(C)cc4)nn3C)C2)c1. The van der Waals surface area contributed by atoms with Gasteiger partial charge in [-0.25, -0.2) is 4.79 Å². The lowest BCUT2D eigenvalue weighted by Crippen LogP contribution is -2.39. The molecule has 0 saturated heterocycles. The zero-order valence-electron chi connectivity index (χ0n) is 18.2. The van der Waals surface area contributed by atoms with Gasteiger partial charge in [0.25, 0.3) is 0 Å². The van der Waals surface area contributed by atoms with Crippen LogP contribution in [0.25, 0.3) is 0 Å². The molecule has 2 aromatic carbocycles. The Balaban J connectivity index is 1.40. The number of carbonyl (C=O) groups is 1. The number of anilines is 1. The van der Waals surface area contributed by atoms with Crippen molar-refractivity contribution < 1.29 is 9.53 Å². The normalized spacial score (nSPS) is 13.2. The molecule has 0 unspecified atom stereocenters. The fourth-order valence-electron chi connectivity index (χ4n) is 3.81. The van der Waals surface area contributed by atoms with E-state index in [9.17, 15) is 4.79 Å². The number of aryl methyl sites for hydroxylation is 2. The minimum absolute atomic E-state index is 0.0840. The van der Waals surface area contributed by atoms with Crippen molar-refractivity contribution in [2.45, 2.75) is 38.0 Å². The highest BCUT2D eigenvalue weighted by Gasteiger charge is 2.26. The number of fused-ring (bicyclic) bond motifs is 1. The molecule has 0 radical (unpaired) electrons. The number of nitrogens with one attached hydrogen (secondary N) is 1. The van der Waals surface area contributed by atoms with Gasteiger partial charge in [0, 0.05) is 41.9 Å². The molecule has 1 aromatic heterocycles. The lowest BCUT2D eigenvalue weighted by atomic mass is 10.1. The van der Waals surface area contributed by atoms with Crippen LogP contribution in [0.15, 0.2) is 53.4 Å². The molecular weight excluding hydrogens is 408 g/mol. The van der Waals surface area contributed by atoms with Gasteiger partial charge in [-0.05, 0) is 36.9 Å². The van der Waals surface area contributed by atoms with E-state index < -0.39 is 0 Å². The molecule has 3 aromatic rings. The maximum atomic E-state index is 12.9. The van der Waals surface area contributed by atoms with Crippen molar-refractivity contribution in [3.63, 3.8) is 0 Å². The van der Waals surface area contributed by atoms with E-state index in [0.29, 0.717) is 26.3 Å². The van der Waals surface area contributed by atoms with Crippen LogP contribution in [0.5, 0.6) is 0 Å². The molecule has 0 aliphatic carbocycles. The smallest absolute Gasteiger partial charge is 0.322 e. The number of benzene rings is 2. The summed E-state index contributed by atoms with van der Waals surface area (Å²) < 4.78 is 7.87. The van der Waals surface area contributed by atoms with Crippen LogP contribution in [-0.4, -0.2) is 33.5 Å². The second kappa shape index (κ2) is 9.58.